The molecule has 0 atom stereocenters. The van der Waals surface area contributed by atoms with E-state index in [0.717, 1.165) is 121 Å². The highest BCUT2D eigenvalue weighted by atomic mass is 16.3. The third-order valence-electron chi connectivity index (χ3n) is 24.3. The van der Waals surface area contributed by atoms with Gasteiger partial charge in [-0.3, -0.25) is 0 Å². The van der Waals surface area contributed by atoms with Crippen LogP contribution in [0.1, 0.15) is 31.5 Å². The van der Waals surface area contributed by atoms with E-state index in [0.29, 0.717) is 66.4 Å². The zero-order chi connectivity index (χ0) is 105. The normalized spacial score (nSPS) is 14.1. The van der Waals surface area contributed by atoms with Crippen molar-refractivity contribution in [2.75, 3.05) is 0 Å². The van der Waals surface area contributed by atoms with Crippen LogP contribution in [0.4, 0.5) is 0 Å². The summed E-state index contributed by atoms with van der Waals surface area (Å²) in [4.78, 5) is 0. The van der Waals surface area contributed by atoms with Gasteiger partial charge in [-0.2, -0.15) is 0 Å². The standard InChI is InChI=1S/2C44H28O.C38H24O/c1-3-13-30(14-4-1)41-34-17-7-9-19-36(34)42(37-20-10-8-18-35(37)41)32-25-23-29(24-26-32)33-27-28-40-44(38-21-11-12-22-39(38)45-40)43(33)31-15-5-2-6-16-31;1-3-13-29(14-4-1)33-27-28-40-44(38-21-11-12-22-39(38)45-40)43(33)32-25-23-31(24-26-32)42-36-19-9-7-17-34(36)41(30-15-5-2-6-16-30)35-18-8-10-20-37(35)42;1-2-10-26(11-3-1)37-30-13-4-6-15-32(30)38(33-16-7-5-14-31(33)37)27-20-18-25(19-21-27)28-22-23-36-34(24-28)29-12-8-9-17-35(29)39-36/h2*1-28H;1-24H/i2*7D,8D,9D,10D,17D,18D,19D,20D;18D,19D,20D,21D,22D,23D,24D. The summed E-state index contributed by atoms with van der Waals surface area (Å²) in [6.07, 6.45) is 0. The van der Waals surface area contributed by atoms with Gasteiger partial charge in [-0.25, -0.2) is 0 Å². The first-order valence-corrected chi connectivity index (χ1v) is 42.4. The third kappa shape index (κ3) is 13.3. The predicted molar refractivity (Wildman–Crippen MR) is 546 cm³/mol. The Bertz CT molecular complexity index is 10100. The van der Waals surface area contributed by atoms with E-state index >= 15 is 0 Å². The van der Waals surface area contributed by atoms with E-state index in [9.17, 15) is 11.0 Å². The Morgan fingerprint density at radius 3 is 0.736 bits per heavy atom. The van der Waals surface area contributed by atoms with E-state index in [1.54, 1.807) is 72.8 Å². The Labute approximate surface area is 778 Å². The molecule has 3 nitrogen and oxygen atoms in total. The topological polar surface area (TPSA) is 39.4 Å². The van der Waals surface area contributed by atoms with E-state index < -0.39 is 48.3 Å². The first-order valence-electron chi connectivity index (χ1n) is 53.9. The summed E-state index contributed by atoms with van der Waals surface area (Å²) in [5.74, 6) is 0. The minimum atomic E-state index is -0.425. The summed E-state index contributed by atoms with van der Waals surface area (Å²) in [6, 6.07) is 102. The second-order valence-corrected chi connectivity index (χ2v) is 31.5. The van der Waals surface area contributed by atoms with E-state index in [1.807, 2.05) is 224 Å². The molecule has 0 aliphatic heterocycles. The van der Waals surface area contributed by atoms with Gasteiger partial charge in [-0.15, -0.1) is 0 Å². The average Bonchev–Trinajstić information content (AvgIpc) is 0.733. The van der Waals surface area contributed by atoms with Crippen molar-refractivity contribution in [3.8, 4) is 122 Å². The molecule has 3 heteroatoms. The van der Waals surface area contributed by atoms with Crippen molar-refractivity contribution in [3.05, 3.63) is 485 Å². The molecule has 3 heterocycles. The third-order valence-corrected chi connectivity index (χ3v) is 24.3. The molecule has 23 aromatic carbocycles. The zero-order valence-electron chi connectivity index (χ0n) is 91.6. The molecule has 0 radical (unpaired) electrons. The molecule has 0 spiro atoms. The van der Waals surface area contributed by atoms with Crippen LogP contribution in [0, 0.1) is 0 Å². The number of hydrogen-bond donors (Lipinski definition) is 0. The molecule has 0 saturated heterocycles. The molecule has 602 valence electrons. The minimum absolute atomic E-state index is 0.0864. The van der Waals surface area contributed by atoms with Gasteiger partial charge in [0.05, 0.1) is 31.5 Å². The maximum absolute atomic E-state index is 9.31. The Kier molecular flexibility index (Phi) is 13.8. The molecule has 0 saturated carbocycles. The van der Waals surface area contributed by atoms with Crippen molar-refractivity contribution < 1.29 is 44.8 Å². The van der Waals surface area contributed by atoms with Crippen molar-refractivity contribution in [1.29, 1.82) is 0 Å². The molecule has 26 rings (SSSR count). The summed E-state index contributed by atoms with van der Waals surface area (Å²) in [5, 5.41) is 9.77. The van der Waals surface area contributed by atoms with Gasteiger partial charge >= 0.3 is 0 Å². The molecule has 0 fully saturated rings. The average molecular weight is 1670 g/mol. The lowest BCUT2D eigenvalue weighted by atomic mass is 9.85. The zero-order valence-corrected chi connectivity index (χ0v) is 68.6. The number of benzene rings is 23. The highest BCUT2D eigenvalue weighted by Gasteiger charge is 2.25. The predicted octanol–water partition coefficient (Wildman–Crippen LogP) is 36.0. The van der Waals surface area contributed by atoms with Crippen molar-refractivity contribution in [2.45, 2.75) is 0 Å². The van der Waals surface area contributed by atoms with Crippen LogP contribution in [0.3, 0.4) is 0 Å². The monoisotopic (exact) mass is 1660 g/mol. The number of furan rings is 3. The Morgan fingerprint density at radius 1 is 0.132 bits per heavy atom. The van der Waals surface area contributed by atoms with Gasteiger partial charge in [0.15, 0.2) is 0 Å². The van der Waals surface area contributed by atoms with Crippen LogP contribution in [0.15, 0.2) is 498 Å². The summed E-state index contributed by atoms with van der Waals surface area (Å²) >= 11 is 0. The van der Waals surface area contributed by atoms with E-state index in [2.05, 4.69) is 48.5 Å². The lowest BCUT2D eigenvalue weighted by molar-refractivity contribution is 0.668. The Hall–Kier alpha value is -17.0. The van der Waals surface area contributed by atoms with Crippen LogP contribution in [0.25, 0.3) is 253 Å². The summed E-state index contributed by atoms with van der Waals surface area (Å²) in [7, 11) is 0. The van der Waals surface area contributed by atoms with Gasteiger partial charge in [-0.1, -0.05) is 442 Å². The summed E-state index contributed by atoms with van der Waals surface area (Å²) in [6.45, 7) is 0. The number of rotatable bonds is 11. The Balaban J connectivity index is 0.000000121. The first kappa shape index (κ1) is 55.3. The molecule has 0 unspecified atom stereocenters. The number of fused-ring (bicyclic) bond motifs is 15. The Morgan fingerprint density at radius 2 is 0.372 bits per heavy atom. The molecule has 0 N–H and O–H groups in total. The van der Waals surface area contributed by atoms with Gasteiger partial charge in [-0.05, 0) is 218 Å². The minimum Gasteiger partial charge on any atom is -0.456 e. The molecule has 0 bridgehead atoms. The van der Waals surface area contributed by atoms with Crippen LogP contribution < -0.4 is 0 Å². The van der Waals surface area contributed by atoms with Gasteiger partial charge in [0.1, 0.15) is 33.5 Å². The first-order chi connectivity index (χ1) is 73.6. The molecule has 3 aromatic heterocycles. The maximum Gasteiger partial charge on any atom is 0.136 e. The van der Waals surface area contributed by atoms with E-state index in [1.165, 1.54) is 0 Å². The number of para-hydroxylation sites is 3. The van der Waals surface area contributed by atoms with Crippen molar-refractivity contribution >= 4 is 130 Å². The van der Waals surface area contributed by atoms with Gasteiger partial charge in [0.25, 0.3) is 0 Å². The van der Waals surface area contributed by atoms with Crippen LogP contribution in [0.5, 0.6) is 0 Å². The fourth-order valence-corrected chi connectivity index (χ4v) is 18.7. The largest absolute Gasteiger partial charge is 0.456 e. The smallest absolute Gasteiger partial charge is 0.136 e. The highest BCUT2D eigenvalue weighted by Crippen LogP contribution is 2.51. The van der Waals surface area contributed by atoms with E-state index in [-0.39, 0.29) is 156 Å². The molecular formula is C126H80O3. The fourth-order valence-electron chi connectivity index (χ4n) is 18.7. The molecule has 129 heavy (non-hydrogen) atoms. The van der Waals surface area contributed by atoms with Crippen molar-refractivity contribution in [2.24, 2.45) is 0 Å². The molecular weight excluding hydrogens is 1560 g/mol. The summed E-state index contributed by atoms with van der Waals surface area (Å²) in [5.41, 5.74) is 17.4. The van der Waals surface area contributed by atoms with Crippen molar-refractivity contribution in [1.82, 2.24) is 0 Å². The van der Waals surface area contributed by atoms with Crippen LogP contribution in [0.2, 0.25) is 0 Å². The lowest BCUT2D eigenvalue weighted by Crippen LogP contribution is -1.91. The molecule has 0 aliphatic rings. The van der Waals surface area contributed by atoms with Crippen molar-refractivity contribution in [3.63, 3.8) is 0 Å². The second-order valence-electron chi connectivity index (χ2n) is 31.5. The van der Waals surface area contributed by atoms with E-state index in [4.69, 9.17) is 33.8 Å². The quantitative estimate of drug-likeness (QED) is 0.121. The maximum atomic E-state index is 9.31. The van der Waals surface area contributed by atoms with Gasteiger partial charge < -0.3 is 13.3 Å². The summed E-state index contributed by atoms with van der Waals surface area (Å²) < 4.78 is 225. The van der Waals surface area contributed by atoms with Gasteiger partial charge in [0.2, 0.25) is 0 Å². The second kappa shape index (κ2) is 32.3. The van der Waals surface area contributed by atoms with Crippen LogP contribution in [-0.2, 0) is 0 Å². The van der Waals surface area contributed by atoms with Gasteiger partial charge in [0, 0.05) is 43.4 Å². The highest BCUT2D eigenvalue weighted by molar-refractivity contribution is 6.26. The molecule has 0 aliphatic carbocycles. The molecule has 0 amide bonds. The SMILES string of the molecule is [2H]c1c([2H])c(-c2c3ccccc3c(-c3ccccc3)c3ccccc23)c([2H])c([2H])c1-c1c([2H])c([2H])c2oc3ccccc3c2c1[2H].[2H]c1c([2H])c([2H])c2c(-c3ccc(-c4c(-c5ccccc5)ccc5oc6ccccc6c45)cc3)c3c([2H])c([2H])c([2H])c([2H])c3c(-c3ccccc3)c2c1[2H].[2H]c1c([2H])c([2H])c2c(-c3ccc(-c4ccc5oc6ccccc6c5c4-c4ccccc4)cc3)c3c([2H])c([2H])c([2H])c([2H])c3c(-c3ccccc3)c2c1[2H]. The lowest BCUT2D eigenvalue weighted by Gasteiger charge is -2.18. The van der Waals surface area contributed by atoms with Crippen LogP contribution >= 0.6 is 0 Å². The number of hydrogen-bond acceptors (Lipinski definition) is 3. The fraction of sp³-hybridized carbons (Fsp3) is 0. The van der Waals surface area contributed by atoms with Crippen LogP contribution in [-0.4, -0.2) is 0 Å². The molecule has 26 aromatic rings.